The van der Waals surface area contributed by atoms with Crippen LogP contribution in [0.1, 0.15) is 0 Å². The highest BCUT2D eigenvalue weighted by atomic mass is 16.6. The molecule has 0 saturated heterocycles. The van der Waals surface area contributed by atoms with Crippen LogP contribution in [0.25, 0.3) is 0 Å². The summed E-state index contributed by atoms with van der Waals surface area (Å²) in [5, 5.41) is 0. The summed E-state index contributed by atoms with van der Waals surface area (Å²) in [5.74, 6) is 0. The maximum atomic E-state index is 4.68. The van der Waals surface area contributed by atoms with Gasteiger partial charge in [0.1, 0.15) is 0 Å². The average Bonchev–Trinajstić information content (AvgIpc) is 1.63. The monoisotopic (exact) mass is 133 g/mol. The predicted molar refractivity (Wildman–Crippen MR) is 37.9 cm³/mol. The van der Waals surface area contributed by atoms with Gasteiger partial charge in [-0.2, -0.15) is 5.48 Å². The van der Waals surface area contributed by atoms with Gasteiger partial charge in [-0.05, 0) is 0 Å². The van der Waals surface area contributed by atoms with Crippen molar-refractivity contribution in [2.75, 3.05) is 41.3 Å². The fraction of sp³-hybridized carbons (Fsp3) is 1.00. The van der Waals surface area contributed by atoms with Crippen LogP contribution in [0, 0.1) is 0 Å². The van der Waals surface area contributed by atoms with Crippen LogP contribution in [0.4, 0.5) is 0 Å². The summed E-state index contributed by atoms with van der Waals surface area (Å²) in [6.45, 7) is 1.98. The van der Waals surface area contributed by atoms with Gasteiger partial charge in [-0.15, -0.1) is 0 Å². The number of nitrogens with zero attached hydrogens (tertiary/aromatic N) is 1. The van der Waals surface area contributed by atoms with Gasteiger partial charge in [-0.1, -0.05) is 0 Å². The van der Waals surface area contributed by atoms with E-state index in [4.69, 9.17) is 0 Å². The Hall–Kier alpha value is -0.120. The van der Waals surface area contributed by atoms with Crippen LogP contribution >= 0.6 is 0 Å². The molecule has 0 saturated carbocycles. The maximum absolute atomic E-state index is 4.68. The summed E-state index contributed by atoms with van der Waals surface area (Å²) in [6.07, 6.45) is 0. The molecule has 56 valence electrons. The van der Waals surface area contributed by atoms with E-state index in [-0.39, 0.29) is 0 Å². The van der Waals surface area contributed by atoms with Crippen molar-refractivity contribution in [2.45, 2.75) is 0 Å². The smallest absolute Gasteiger partial charge is 0.0930 e. The molecule has 0 amide bonds. The summed E-state index contributed by atoms with van der Waals surface area (Å²) < 4.78 is 0.969. The van der Waals surface area contributed by atoms with Crippen LogP contribution < -0.4 is 5.48 Å². The topological polar surface area (TPSA) is 21.3 Å². The van der Waals surface area contributed by atoms with Crippen LogP contribution in [0.5, 0.6) is 0 Å². The van der Waals surface area contributed by atoms with E-state index in [1.54, 1.807) is 7.11 Å². The first-order valence-corrected chi connectivity index (χ1v) is 3.12. The highest BCUT2D eigenvalue weighted by Gasteiger charge is 2.03. The van der Waals surface area contributed by atoms with Gasteiger partial charge in [0, 0.05) is 0 Å². The first-order valence-electron chi connectivity index (χ1n) is 3.12. The van der Waals surface area contributed by atoms with Crippen molar-refractivity contribution in [3.63, 3.8) is 0 Å². The molecule has 0 fully saturated rings. The number of quaternary nitrogens is 1. The van der Waals surface area contributed by atoms with E-state index in [2.05, 4.69) is 31.5 Å². The lowest BCUT2D eigenvalue weighted by molar-refractivity contribution is -0.869. The van der Waals surface area contributed by atoms with Crippen LogP contribution in [-0.4, -0.2) is 45.8 Å². The van der Waals surface area contributed by atoms with Gasteiger partial charge in [0.15, 0.2) is 0 Å². The van der Waals surface area contributed by atoms with Gasteiger partial charge >= 0.3 is 0 Å². The van der Waals surface area contributed by atoms with Crippen LogP contribution in [0.15, 0.2) is 0 Å². The van der Waals surface area contributed by atoms with Crippen molar-refractivity contribution in [1.29, 1.82) is 0 Å². The lowest BCUT2D eigenvalue weighted by Gasteiger charge is -2.23. The molecular formula is C6H17N2O+. The number of nitrogens with one attached hydrogen (secondary N) is 1. The summed E-state index contributed by atoms with van der Waals surface area (Å²) in [7, 11) is 8.09. The Labute approximate surface area is 57.2 Å². The average molecular weight is 133 g/mol. The van der Waals surface area contributed by atoms with Crippen molar-refractivity contribution < 1.29 is 9.32 Å². The van der Waals surface area contributed by atoms with Crippen LogP contribution in [0.3, 0.4) is 0 Å². The van der Waals surface area contributed by atoms with Gasteiger partial charge < -0.3 is 9.32 Å². The number of rotatable bonds is 4. The van der Waals surface area contributed by atoms with E-state index in [1.807, 2.05) is 0 Å². The molecule has 1 N–H and O–H groups in total. The van der Waals surface area contributed by atoms with E-state index in [9.17, 15) is 0 Å². The Kier molecular flexibility index (Phi) is 3.77. The molecule has 3 nitrogen and oxygen atoms in total. The molecule has 0 aliphatic rings. The zero-order valence-corrected chi connectivity index (χ0v) is 6.77. The fourth-order valence-electron chi connectivity index (χ4n) is 0.483. The first kappa shape index (κ1) is 8.88. The standard InChI is InChI=1S/C6H17N2O/c1-8(2,3)6-5-7-9-4/h7H,5-6H2,1-4H3/q+1. The van der Waals surface area contributed by atoms with Gasteiger partial charge in [0.2, 0.25) is 0 Å². The second-order valence-electron chi connectivity index (χ2n) is 3.11. The normalized spacial score (nSPS) is 12.0. The minimum absolute atomic E-state index is 0.903. The number of hydroxylamine groups is 1. The summed E-state index contributed by atoms with van der Waals surface area (Å²) in [6, 6.07) is 0. The third kappa shape index (κ3) is 7.88. The summed E-state index contributed by atoms with van der Waals surface area (Å²) in [4.78, 5) is 4.68. The largest absolute Gasteiger partial charge is 0.330 e. The highest BCUT2D eigenvalue weighted by molar-refractivity contribution is 4.29. The molecule has 0 aromatic heterocycles. The quantitative estimate of drug-likeness (QED) is 0.327. The van der Waals surface area contributed by atoms with Gasteiger partial charge in [0.05, 0.1) is 41.3 Å². The van der Waals surface area contributed by atoms with E-state index >= 15 is 0 Å². The molecule has 0 radical (unpaired) electrons. The third-order valence-corrected chi connectivity index (χ3v) is 1.03. The molecule has 0 atom stereocenters. The molecule has 0 heterocycles. The highest BCUT2D eigenvalue weighted by Crippen LogP contribution is 1.85. The second-order valence-corrected chi connectivity index (χ2v) is 3.11. The zero-order valence-electron chi connectivity index (χ0n) is 6.77. The lowest BCUT2D eigenvalue weighted by Crippen LogP contribution is -2.40. The van der Waals surface area contributed by atoms with Crippen molar-refractivity contribution in [3.8, 4) is 0 Å². The van der Waals surface area contributed by atoms with Crippen molar-refractivity contribution in [1.82, 2.24) is 5.48 Å². The maximum Gasteiger partial charge on any atom is 0.0930 e. The molecule has 0 aliphatic heterocycles. The minimum Gasteiger partial charge on any atom is -0.330 e. The molecule has 9 heavy (non-hydrogen) atoms. The molecule has 0 bridgehead atoms. The van der Waals surface area contributed by atoms with E-state index in [0.29, 0.717) is 0 Å². The summed E-state index contributed by atoms with van der Waals surface area (Å²) in [5.41, 5.74) is 2.79. The Bertz CT molecular complexity index is 67.9. The summed E-state index contributed by atoms with van der Waals surface area (Å²) >= 11 is 0. The minimum atomic E-state index is 0.903. The van der Waals surface area contributed by atoms with Crippen molar-refractivity contribution in [3.05, 3.63) is 0 Å². The molecule has 0 spiro atoms. The number of hydrogen-bond donors (Lipinski definition) is 1. The van der Waals surface area contributed by atoms with Crippen molar-refractivity contribution in [2.24, 2.45) is 0 Å². The fourth-order valence-corrected chi connectivity index (χ4v) is 0.483. The van der Waals surface area contributed by atoms with Crippen molar-refractivity contribution >= 4 is 0 Å². The van der Waals surface area contributed by atoms with E-state index in [0.717, 1.165) is 17.6 Å². The van der Waals surface area contributed by atoms with E-state index in [1.165, 1.54) is 0 Å². The number of hydrogen-bond acceptors (Lipinski definition) is 2. The Morgan fingerprint density at radius 1 is 1.33 bits per heavy atom. The van der Waals surface area contributed by atoms with Gasteiger partial charge in [-0.25, -0.2) is 0 Å². The number of likely N-dealkylation sites (N-methyl/N-ethyl adjacent to an activating group) is 1. The molecule has 0 unspecified atom stereocenters. The Balaban J connectivity index is 3.07. The van der Waals surface area contributed by atoms with Crippen LogP contribution in [0.2, 0.25) is 0 Å². The predicted octanol–water partition coefficient (Wildman–Crippen LogP) is -0.156. The van der Waals surface area contributed by atoms with E-state index < -0.39 is 0 Å². The van der Waals surface area contributed by atoms with Gasteiger partial charge in [0.25, 0.3) is 0 Å². The molecule has 3 heteroatoms. The Morgan fingerprint density at radius 3 is 2.22 bits per heavy atom. The molecular weight excluding hydrogens is 116 g/mol. The molecule has 0 aromatic carbocycles. The second kappa shape index (κ2) is 3.82. The zero-order chi connectivity index (χ0) is 7.33. The first-order chi connectivity index (χ1) is 4.06. The SMILES string of the molecule is CONCC[N+](C)(C)C. The van der Waals surface area contributed by atoms with Gasteiger partial charge in [-0.3, -0.25) is 0 Å². The lowest BCUT2D eigenvalue weighted by atomic mass is 10.5. The molecule has 0 aliphatic carbocycles. The molecule has 0 rings (SSSR count). The third-order valence-electron chi connectivity index (χ3n) is 1.03. The van der Waals surface area contributed by atoms with Crippen LogP contribution in [-0.2, 0) is 4.84 Å². The molecule has 0 aromatic rings. The Morgan fingerprint density at radius 2 is 1.89 bits per heavy atom.